The van der Waals surface area contributed by atoms with E-state index in [2.05, 4.69) is 20.8 Å². The smallest absolute Gasteiger partial charge is 0.158 e. The Kier molecular flexibility index (Phi) is 3.53. The maximum Gasteiger partial charge on any atom is 0.158 e. The van der Waals surface area contributed by atoms with Crippen LogP contribution in [-0.4, -0.2) is 18.5 Å². The van der Waals surface area contributed by atoms with Crippen molar-refractivity contribution in [3.8, 4) is 0 Å². The molecular weight excluding hydrogens is 152 g/mol. The minimum Gasteiger partial charge on any atom is -0.353 e. The maximum absolute atomic E-state index is 5.88. The van der Waals surface area contributed by atoms with Gasteiger partial charge in [0.1, 0.15) is 0 Å². The first-order valence-corrected chi connectivity index (χ1v) is 4.99. The number of ether oxygens (including phenoxy) is 2. The van der Waals surface area contributed by atoms with E-state index in [-0.39, 0.29) is 11.9 Å². The molecule has 12 heavy (non-hydrogen) atoms. The van der Waals surface area contributed by atoms with E-state index in [1.54, 1.807) is 0 Å². The average molecular weight is 172 g/mol. The van der Waals surface area contributed by atoms with Gasteiger partial charge in [-0.1, -0.05) is 13.8 Å². The molecule has 1 heterocycles. The fourth-order valence-electron chi connectivity index (χ4n) is 1.38. The molecule has 0 spiro atoms. The first-order chi connectivity index (χ1) is 5.70. The van der Waals surface area contributed by atoms with Gasteiger partial charge in [0, 0.05) is 13.0 Å². The van der Waals surface area contributed by atoms with Gasteiger partial charge >= 0.3 is 0 Å². The summed E-state index contributed by atoms with van der Waals surface area (Å²) in [6.45, 7) is 7.36. The van der Waals surface area contributed by atoms with Gasteiger partial charge < -0.3 is 9.47 Å². The fourth-order valence-corrected chi connectivity index (χ4v) is 1.38. The Hall–Kier alpha value is -0.0800. The zero-order valence-corrected chi connectivity index (χ0v) is 8.43. The van der Waals surface area contributed by atoms with Crippen molar-refractivity contribution < 1.29 is 9.47 Å². The SMILES string of the molecule is CCC(C)(CC)OC1CCCO1. The minimum atomic E-state index is 0.0228. The summed E-state index contributed by atoms with van der Waals surface area (Å²) >= 11 is 0. The lowest BCUT2D eigenvalue weighted by atomic mass is 10.0. The molecule has 1 atom stereocenters. The van der Waals surface area contributed by atoms with Crippen LogP contribution in [0, 0.1) is 0 Å². The number of hydrogen-bond acceptors (Lipinski definition) is 2. The molecule has 0 N–H and O–H groups in total. The van der Waals surface area contributed by atoms with Crippen LogP contribution in [0.4, 0.5) is 0 Å². The van der Waals surface area contributed by atoms with E-state index < -0.39 is 0 Å². The molecule has 1 saturated heterocycles. The summed E-state index contributed by atoms with van der Waals surface area (Å²) in [5.74, 6) is 0. The van der Waals surface area contributed by atoms with Crippen molar-refractivity contribution in [2.24, 2.45) is 0 Å². The summed E-state index contributed by atoms with van der Waals surface area (Å²) in [7, 11) is 0. The normalized spacial score (nSPS) is 24.8. The first kappa shape index (κ1) is 10.0. The van der Waals surface area contributed by atoms with E-state index in [1.807, 2.05) is 0 Å². The fraction of sp³-hybridized carbons (Fsp3) is 1.00. The summed E-state index contributed by atoms with van der Waals surface area (Å²) in [6.07, 6.45) is 4.39. The maximum atomic E-state index is 5.88. The largest absolute Gasteiger partial charge is 0.353 e. The molecule has 1 unspecified atom stereocenters. The van der Waals surface area contributed by atoms with Gasteiger partial charge in [0.05, 0.1) is 5.60 Å². The van der Waals surface area contributed by atoms with E-state index in [0.29, 0.717) is 0 Å². The van der Waals surface area contributed by atoms with Gasteiger partial charge in [0.15, 0.2) is 6.29 Å². The predicted octanol–water partition coefficient (Wildman–Crippen LogP) is 2.72. The number of hydrogen-bond donors (Lipinski definition) is 0. The van der Waals surface area contributed by atoms with Crippen molar-refractivity contribution in [1.82, 2.24) is 0 Å². The summed E-state index contributed by atoms with van der Waals surface area (Å²) in [5.41, 5.74) is 0.0228. The molecule has 0 aromatic heterocycles. The van der Waals surface area contributed by atoms with Crippen LogP contribution in [0.25, 0.3) is 0 Å². The lowest BCUT2D eigenvalue weighted by Gasteiger charge is -2.30. The van der Waals surface area contributed by atoms with Crippen LogP contribution in [0.5, 0.6) is 0 Å². The Labute approximate surface area is 75.2 Å². The van der Waals surface area contributed by atoms with E-state index in [0.717, 1.165) is 32.3 Å². The van der Waals surface area contributed by atoms with E-state index in [9.17, 15) is 0 Å². The van der Waals surface area contributed by atoms with Gasteiger partial charge in [-0.25, -0.2) is 0 Å². The van der Waals surface area contributed by atoms with Crippen molar-refractivity contribution in [2.45, 2.75) is 58.3 Å². The average Bonchev–Trinajstić information content (AvgIpc) is 2.57. The Balaban J connectivity index is 2.35. The van der Waals surface area contributed by atoms with Gasteiger partial charge in [-0.2, -0.15) is 0 Å². The molecule has 0 aliphatic carbocycles. The molecule has 1 fully saturated rings. The Bertz CT molecular complexity index is 124. The molecule has 0 radical (unpaired) electrons. The molecule has 2 nitrogen and oxygen atoms in total. The highest BCUT2D eigenvalue weighted by Crippen LogP contribution is 2.25. The van der Waals surface area contributed by atoms with Crippen LogP contribution < -0.4 is 0 Å². The lowest BCUT2D eigenvalue weighted by Crippen LogP contribution is -2.32. The molecule has 0 bridgehead atoms. The van der Waals surface area contributed by atoms with Gasteiger partial charge in [0.2, 0.25) is 0 Å². The second-order valence-electron chi connectivity index (χ2n) is 3.72. The molecule has 0 aromatic rings. The molecule has 1 aliphatic heterocycles. The molecule has 0 aromatic carbocycles. The zero-order valence-electron chi connectivity index (χ0n) is 8.43. The van der Waals surface area contributed by atoms with Crippen molar-refractivity contribution in [3.63, 3.8) is 0 Å². The molecule has 72 valence electrons. The van der Waals surface area contributed by atoms with E-state index >= 15 is 0 Å². The highest BCUT2D eigenvalue weighted by molar-refractivity contribution is 4.72. The highest BCUT2D eigenvalue weighted by atomic mass is 16.7. The van der Waals surface area contributed by atoms with Gasteiger partial charge in [-0.3, -0.25) is 0 Å². The quantitative estimate of drug-likeness (QED) is 0.649. The molecule has 2 heteroatoms. The second-order valence-corrected chi connectivity index (χ2v) is 3.72. The predicted molar refractivity (Wildman–Crippen MR) is 49.0 cm³/mol. The highest BCUT2D eigenvalue weighted by Gasteiger charge is 2.27. The van der Waals surface area contributed by atoms with Crippen molar-refractivity contribution in [1.29, 1.82) is 0 Å². The van der Waals surface area contributed by atoms with Crippen LogP contribution in [0.15, 0.2) is 0 Å². The van der Waals surface area contributed by atoms with E-state index in [4.69, 9.17) is 9.47 Å². The third-order valence-corrected chi connectivity index (χ3v) is 2.80. The Morgan fingerprint density at radius 1 is 1.42 bits per heavy atom. The number of rotatable bonds is 4. The monoisotopic (exact) mass is 172 g/mol. The van der Waals surface area contributed by atoms with Gasteiger partial charge in [-0.15, -0.1) is 0 Å². The van der Waals surface area contributed by atoms with Crippen LogP contribution in [0.1, 0.15) is 46.5 Å². The summed E-state index contributed by atoms with van der Waals surface area (Å²) in [5, 5.41) is 0. The van der Waals surface area contributed by atoms with Crippen LogP contribution in [-0.2, 0) is 9.47 Å². The zero-order chi connectivity index (χ0) is 9.03. The Morgan fingerprint density at radius 3 is 2.50 bits per heavy atom. The standard InChI is InChI=1S/C10H20O2/c1-4-10(3,5-2)12-9-7-6-8-11-9/h9H,4-8H2,1-3H3. The molecule has 0 saturated carbocycles. The van der Waals surface area contributed by atoms with Crippen molar-refractivity contribution >= 4 is 0 Å². The molecule has 1 aliphatic rings. The Morgan fingerprint density at radius 2 is 2.08 bits per heavy atom. The third-order valence-electron chi connectivity index (χ3n) is 2.80. The van der Waals surface area contributed by atoms with Crippen molar-refractivity contribution in [3.05, 3.63) is 0 Å². The summed E-state index contributed by atoms with van der Waals surface area (Å²) in [4.78, 5) is 0. The summed E-state index contributed by atoms with van der Waals surface area (Å²) < 4.78 is 11.3. The molecule has 1 rings (SSSR count). The molecular formula is C10H20O2. The first-order valence-electron chi connectivity index (χ1n) is 4.99. The third kappa shape index (κ3) is 2.46. The molecule has 0 amide bonds. The lowest BCUT2D eigenvalue weighted by molar-refractivity contribution is -0.186. The van der Waals surface area contributed by atoms with Gasteiger partial charge in [0.25, 0.3) is 0 Å². The van der Waals surface area contributed by atoms with Gasteiger partial charge in [-0.05, 0) is 26.2 Å². The van der Waals surface area contributed by atoms with Crippen LogP contribution >= 0.6 is 0 Å². The topological polar surface area (TPSA) is 18.5 Å². The second kappa shape index (κ2) is 4.24. The minimum absolute atomic E-state index is 0.0228. The van der Waals surface area contributed by atoms with Crippen LogP contribution in [0.3, 0.4) is 0 Å². The van der Waals surface area contributed by atoms with Crippen LogP contribution in [0.2, 0.25) is 0 Å². The van der Waals surface area contributed by atoms with E-state index in [1.165, 1.54) is 0 Å². The van der Waals surface area contributed by atoms with Crippen molar-refractivity contribution in [2.75, 3.05) is 6.61 Å². The summed E-state index contributed by atoms with van der Waals surface area (Å²) in [6, 6.07) is 0.